The van der Waals surface area contributed by atoms with E-state index in [-0.39, 0.29) is 17.7 Å². The zero-order valence-corrected chi connectivity index (χ0v) is 12.6. The van der Waals surface area contributed by atoms with Crippen molar-refractivity contribution in [2.75, 3.05) is 7.05 Å². The van der Waals surface area contributed by atoms with E-state index in [1.807, 2.05) is 19.2 Å². The predicted molar refractivity (Wildman–Crippen MR) is 81.9 cm³/mol. The van der Waals surface area contributed by atoms with Crippen molar-refractivity contribution in [3.05, 3.63) is 29.8 Å². The number of nitrogens with one attached hydrogen (secondary N) is 1. The zero-order chi connectivity index (χ0) is 14.8. The highest BCUT2D eigenvalue weighted by Gasteiger charge is 2.39. The molecule has 1 aliphatic heterocycles. The van der Waals surface area contributed by atoms with Crippen LogP contribution in [-0.2, 0) is 11.3 Å². The van der Waals surface area contributed by atoms with Crippen LogP contribution >= 0.6 is 0 Å². The van der Waals surface area contributed by atoms with E-state index in [2.05, 4.69) is 5.32 Å². The molecule has 1 saturated carbocycles. The van der Waals surface area contributed by atoms with Gasteiger partial charge in [-0.05, 0) is 42.9 Å². The predicted octanol–water partition coefficient (Wildman–Crippen LogP) is 2.27. The molecule has 1 saturated heterocycles. The zero-order valence-electron chi connectivity index (χ0n) is 12.6. The summed E-state index contributed by atoms with van der Waals surface area (Å²) < 4.78 is 0. The van der Waals surface area contributed by atoms with Crippen LogP contribution in [0.5, 0.6) is 5.75 Å². The average Bonchev–Trinajstić information content (AvgIpc) is 2.92. The SMILES string of the molecule is CN(Cc1ccc(O)cc1)C(=O)C1CC2CCCCC2N1. The highest BCUT2D eigenvalue weighted by atomic mass is 16.3. The molecule has 0 radical (unpaired) electrons. The number of hydrogen-bond acceptors (Lipinski definition) is 3. The largest absolute Gasteiger partial charge is 0.508 e. The number of carbonyl (C=O) groups excluding carboxylic acids is 1. The normalized spacial score (nSPS) is 28.1. The number of hydrogen-bond donors (Lipinski definition) is 2. The number of nitrogens with zero attached hydrogens (tertiary/aromatic N) is 1. The molecule has 1 amide bonds. The molecule has 114 valence electrons. The minimum atomic E-state index is -0.0137. The third-order valence-corrected chi connectivity index (χ3v) is 4.89. The first-order valence-electron chi connectivity index (χ1n) is 7.92. The lowest BCUT2D eigenvalue weighted by Gasteiger charge is -2.24. The molecule has 1 aromatic carbocycles. The third kappa shape index (κ3) is 3.21. The Bertz CT molecular complexity index is 486. The first-order chi connectivity index (χ1) is 10.1. The molecule has 4 nitrogen and oxygen atoms in total. The smallest absolute Gasteiger partial charge is 0.239 e. The first kappa shape index (κ1) is 14.4. The van der Waals surface area contributed by atoms with Crippen LogP contribution in [0, 0.1) is 5.92 Å². The Morgan fingerprint density at radius 3 is 2.71 bits per heavy atom. The van der Waals surface area contributed by atoms with Gasteiger partial charge in [-0.3, -0.25) is 4.79 Å². The lowest BCUT2D eigenvalue weighted by atomic mass is 9.85. The van der Waals surface area contributed by atoms with E-state index in [1.54, 1.807) is 17.0 Å². The number of phenols is 1. The topological polar surface area (TPSA) is 52.6 Å². The highest BCUT2D eigenvalue weighted by molar-refractivity contribution is 5.82. The van der Waals surface area contributed by atoms with E-state index in [0.717, 1.165) is 12.0 Å². The van der Waals surface area contributed by atoms with Crippen LogP contribution in [0.1, 0.15) is 37.7 Å². The molecule has 2 aliphatic rings. The summed E-state index contributed by atoms with van der Waals surface area (Å²) in [5.74, 6) is 1.14. The Morgan fingerprint density at radius 1 is 1.29 bits per heavy atom. The van der Waals surface area contributed by atoms with Crippen LogP contribution in [0.15, 0.2) is 24.3 Å². The minimum Gasteiger partial charge on any atom is -0.508 e. The fourth-order valence-electron chi connectivity index (χ4n) is 3.73. The number of rotatable bonds is 3. The van der Waals surface area contributed by atoms with Gasteiger partial charge in [-0.25, -0.2) is 0 Å². The Morgan fingerprint density at radius 2 is 2.00 bits per heavy atom. The molecule has 0 aromatic heterocycles. The van der Waals surface area contributed by atoms with Crippen molar-refractivity contribution >= 4 is 5.91 Å². The fraction of sp³-hybridized carbons (Fsp3) is 0.588. The molecule has 3 atom stereocenters. The van der Waals surface area contributed by atoms with Crippen LogP contribution in [0.3, 0.4) is 0 Å². The Kier molecular flexibility index (Phi) is 4.15. The maximum Gasteiger partial charge on any atom is 0.239 e. The summed E-state index contributed by atoms with van der Waals surface area (Å²) in [7, 11) is 1.86. The van der Waals surface area contributed by atoms with Gasteiger partial charge in [0.05, 0.1) is 6.04 Å². The summed E-state index contributed by atoms with van der Waals surface area (Å²) >= 11 is 0. The van der Waals surface area contributed by atoms with Crippen molar-refractivity contribution in [3.8, 4) is 5.75 Å². The second kappa shape index (κ2) is 6.06. The third-order valence-electron chi connectivity index (χ3n) is 4.89. The Balaban J connectivity index is 1.58. The molecule has 4 heteroatoms. The molecule has 3 rings (SSSR count). The van der Waals surface area contributed by atoms with E-state index in [4.69, 9.17) is 0 Å². The second-order valence-electron chi connectivity index (χ2n) is 6.47. The van der Waals surface area contributed by atoms with Gasteiger partial charge >= 0.3 is 0 Å². The van der Waals surface area contributed by atoms with Gasteiger partial charge in [0.1, 0.15) is 5.75 Å². The van der Waals surface area contributed by atoms with Gasteiger partial charge in [0, 0.05) is 19.6 Å². The molecule has 2 N–H and O–H groups in total. The molecule has 2 fully saturated rings. The Hall–Kier alpha value is -1.55. The lowest BCUT2D eigenvalue weighted by Crippen LogP contribution is -2.43. The quantitative estimate of drug-likeness (QED) is 0.897. The average molecular weight is 288 g/mol. The molecule has 1 aromatic rings. The van der Waals surface area contributed by atoms with Gasteiger partial charge in [0.15, 0.2) is 0 Å². The standard InChI is InChI=1S/C17H24N2O2/c1-19(11-12-6-8-14(20)9-7-12)17(21)16-10-13-4-2-3-5-15(13)18-16/h6-9,13,15-16,18,20H,2-5,10-11H2,1H3. The number of amides is 1. The molecule has 1 heterocycles. The molecular weight excluding hydrogens is 264 g/mol. The van der Waals surface area contributed by atoms with E-state index in [9.17, 15) is 9.90 Å². The van der Waals surface area contributed by atoms with Crippen LogP contribution in [-0.4, -0.2) is 35.0 Å². The molecule has 21 heavy (non-hydrogen) atoms. The maximum absolute atomic E-state index is 12.6. The number of carbonyl (C=O) groups is 1. The summed E-state index contributed by atoms with van der Waals surface area (Å²) in [4.78, 5) is 14.4. The van der Waals surface area contributed by atoms with Gasteiger partial charge in [-0.1, -0.05) is 25.0 Å². The lowest BCUT2D eigenvalue weighted by molar-refractivity contribution is -0.132. The van der Waals surface area contributed by atoms with Crippen LogP contribution in [0.25, 0.3) is 0 Å². The van der Waals surface area contributed by atoms with E-state index in [1.165, 1.54) is 25.7 Å². The Labute approximate surface area is 126 Å². The number of benzene rings is 1. The van der Waals surface area contributed by atoms with Gasteiger partial charge in [0.25, 0.3) is 0 Å². The van der Waals surface area contributed by atoms with Gasteiger partial charge < -0.3 is 15.3 Å². The van der Waals surface area contributed by atoms with Crippen molar-refractivity contribution in [1.29, 1.82) is 0 Å². The summed E-state index contributed by atoms with van der Waals surface area (Å²) in [5, 5.41) is 12.8. The number of phenolic OH excluding ortho intramolecular Hbond substituents is 1. The van der Waals surface area contributed by atoms with Crippen molar-refractivity contribution in [2.24, 2.45) is 5.92 Å². The summed E-state index contributed by atoms with van der Waals surface area (Å²) in [6.07, 6.45) is 6.08. The number of likely N-dealkylation sites (N-methyl/N-ethyl adjacent to an activating group) is 1. The number of fused-ring (bicyclic) bond motifs is 1. The molecular formula is C17H24N2O2. The van der Waals surface area contributed by atoms with E-state index in [0.29, 0.717) is 18.5 Å². The summed E-state index contributed by atoms with van der Waals surface area (Å²) in [5.41, 5.74) is 1.04. The molecule has 1 aliphatic carbocycles. The molecule has 0 spiro atoms. The fourth-order valence-corrected chi connectivity index (χ4v) is 3.73. The number of aromatic hydroxyl groups is 1. The second-order valence-corrected chi connectivity index (χ2v) is 6.47. The van der Waals surface area contributed by atoms with Gasteiger partial charge in [-0.2, -0.15) is 0 Å². The van der Waals surface area contributed by atoms with Crippen LogP contribution < -0.4 is 5.32 Å². The van der Waals surface area contributed by atoms with Crippen molar-refractivity contribution < 1.29 is 9.90 Å². The van der Waals surface area contributed by atoms with E-state index < -0.39 is 0 Å². The van der Waals surface area contributed by atoms with Crippen LogP contribution in [0.4, 0.5) is 0 Å². The minimum absolute atomic E-state index is 0.0137. The van der Waals surface area contributed by atoms with Gasteiger partial charge in [-0.15, -0.1) is 0 Å². The van der Waals surface area contributed by atoms with Crippen molar-refractivity contribution in [2.45, 2.75) is 50.7 Å². The van der Waals surface area contributed by atoms with Crippen molar-refractivity contribution in [1.82, 2.24) is 10.2 Å². The van der Waals surface area contributed by atoms with Gasteiger partial charge in [0.2, 0.25) is 5.91 Å². The van der Waals surface area contributed by atoms with Crippen molar-refractivity contribution in [3.63, 3.8) is 0 Å². The summed E-state index contributed by atoms with van der Waals surface area (Å²) in [6.45, 7) is 0.590. The highest BCUT2D eigenvalue weighted by Crippen LogP contribution is 2.33. The molecule has 3 unspecified atom stereocenters. The monoisotopic (exact) mass is 288 g/mol. The molecule has 0 bridgehead atoms. The van der Waals surface area contributed by atoms with E-state index >= 15 is 0 Å². The first-order valence-corrected chi connectivity index (χ1v) is 7.92. The maximum atomic E-state index is 12.6. The summed E-state index contributed by atoms with van der Waals surface area (Å²) in [6, 6.07) is 7.59. The van der Waals surface area contributed by atoms with Crippen LogP contribution in [0.2, 0.25) is 0 Å².